The van der Waals surface area contributed by atoms with Crippen molar-refractivity contribution in [1.82, 2.24) is 15.6 Å². The maximum Gasteiger partial charge on any atom is 0.262 e. The Labute approximate surface area is 213 Å². The number of halogens is 3. The van der Waals surface area contributed by atoms with Gasteiger partial charge in [-0.3, -0.25) is 14.6 Å². The van der Waals surface area contributed by atoms with Crippen molar-refractivity contribution in [2.24, 2.45) is 5.92 Å². The van der Waals surface area contributed by atoms with Crippen molar-refractivity contribution in [1.29, 1.82) is 0 Å². The molecule has 0 spiro atoms. The van der Waals surface area contributed by atoms with E-state index in [4.69, 9.17) is 11.6 Å². The molecule has 3 N–H and O–H groups in total. The average Bonchev–Trinajstić information content (AvgIpc) is 3.46. The van der Waals surface area contributed by atoms with Crippen LogP contribution in [0.15, 0.2) is 24.4 Å². The molecule has 2 aliphatic carbocycles. The molecule has 2 aromatic rings. The van der Waals surface area contributed by atoms with Crippen LogP contribution in [-0.2, 0) is 4.79 Å². The van der Waals surface area contributed by atoms with Gasteiger partial charge < -0.3 is 16.0 Å². The number of pyridine rings is 1. The number of aromatic nitrogens is 1. The van der Waals surface area contributed by atoms with Gasteiger partial charge in [0.05, 0.1) is 27.3 Å². The van der Waals surface area contributed by atoms with E-state index < -0.39 is 18.0 Å². The summed E-state index contributed by atoms with van der Waals surface area (Å²) in [6, 6.07) is 4.08. The van der Waals surface area contributed by atoms with Crippen LogP contribution in [0.4, 0.5) is 14.5 Å². The molecular weight excluding hydrogens is 494 g/mol. The summed E-state index contributed by atoms with van der Waals surface area (Å²) in [5, 5.41) is 9.49. The molecule has 10 heteroatoms. The highest BCUT2D eigenvalue weighted by molar-refractivity contribution is 7.14. The molecule has 0 radical (unpaired) electrons. The third kappa shape index (κ3) is 6.70. The molecule has 190 valence electrons. The summed E-state index contributed by atoms with van der Waals surface area (Å²) >= 11 is 7.41. The molecule has 2 amide bonds. The molecule has 2 saturated carbocycles. The van der Waals surface area contributed by atoms with Crippen molar-refractivity contribution in [2.45, 2.75) is 82.8 Å². The second kappa shape index (κ2) is 10.8. The fourth-order valence-corrected chi connectivity index (χ4v) is 5.84. The number of aryl methyl sites for hydroxylation is 1. The second-order valence-corrected chi connectivity index (χ2v) is 11.3. The molecule has 2 atom stereocenters. The van der Waals surface area contributed by atoms with Crippen LogP contribution in [0.25, 0.3) is 0 Å². The highest BCUT2D eigenvalue weighted by Gasteiger charge is 2.46. The van der Waals surface area contributed by atoms with Crippen LogP contribution in [0.2, 0.25) is 5.02 Å². The van der Waals surface area contributed by atoms with E-state index >= 15 is 0 Å². The molecule has 2 fully saturated rings. The van der Waals surface area contributed by atoms with E-state index in [0.29, 0.717) is 22.2 Å². The first-order chi connectivity index (χ1) is 16.6. The summed E-state index contributed by atoms with van der Waals surface area (Å²) in [5.41, 5.74) is 1.64. The molecule has 35 heavy (non-hydrogen) atoms. The van der Waals surface area contributed by atoms with Gasteiger partial charge in [0.1, 0.15) is 6.04 Å². The first-order valence-corrected chi connectivity index (χ1v) is 13.3. The number of thiophene rings is 1. The Balaban J connectivity index is 1.39. The SMILES string of the molecule is Cc1ncc(Cl)cc1N[C@@H](C)c1ccc(C(=O)N[C@@H](CC2CCCC2)C(=O)NC2CC(F)(F)C2)s1. The number of nitrogens with one attached hydrogen (secondary N) is 3. The fraction of sp³-hybridized carbons (Fsp3) is 0.560. The molecule has 0 aromatic carbocycles. The van der Waals surface area contributed by atoms with Gasteiger partial charge in [-0.1, -0.05) is 37.3 Å². The van der Waals surface area contributed by atoms with Gasteiger partial charge in [0, 0.05) is 30.0 Å². The van der Waals surface area contributed by atoms with Gasteiger partial charge in [0.15, 0.2) is 0 Å². The van der Waals surface area contributed by atoms with Gasteiger partial charge in [0.2, 0.25) is 5.91 Å². The Bertz CT molecular complexity index is 1070. The predicted octanol–water partition coefficient (Wildman–Crippen LogP) is 5.87. The number of hydrogen-bond donors (Lipinski definition) is 3. The Kier molecular flexibility index (Phi) is 7.96. The Hall–Kier alpha value is -2.26. The quantitative estimate of drug-likeness (QED) is 0.383. The summed E-state index contributed by atoms with van der Waals surface area (Å²) in [6.45, 7) is 3.87. The molecule has 0 bridgehead atoms. The third-order valence-electron chi connectivity index (χ3n) is 6.80. The number of carbonyl (C=O) groups excluding carboxylic acids is 2. The van der Waals surface area contributed by atoms with Crippen LogP contribution in [0.3, 0.4) is 0 Å². The van der Waals surface area contributed by atoms with Gasteiger partial charge in [-0.2, -0.15) is 0 Å². The van der Waals surface area contributed by atoms with Crippen LogP contribution in [0, 0.1) is 12.8 Å². The second-order valence-electron chi connectivity index (χ2n) is 9.74. The number of amides is 2. The van der Waals surface area contributed by atoms with E-state index in [1.165, 1.54) is 11.3 Å². The van der Waals surface area contributed by atoms with E-state index in [1.54, 1.807) is 12.3 Å². The van der Waals surface area contributed by atoms with E-state index in [9.17, 15) is 18.4 Å². The fourth-order valence-electron chi connectivity index (χ4n) is 4.77. The van der Waals surface area contributed by atoms with E-state index in [2.05, 4.69) is 20.9 Å². The average molecular weight is 525 g/mol. The topological polar surface area (TPSA) is 83.1 Å². The van der Waals surface area contributed by atoms with Crippen molar-refractivity contribution in [3.63, 3.8) is 0 Å². The van der Waals surface area contributed by atoms with Gasteiger partial charge >= 0.3 is 0 Å². The van der Waals surface area contributed by atoms with Crippen LogP contribution in [0.5, 0.6) is 0 Å². The molecule has 0 aliphatic heterocycles. The number of anilines is 1. The summed E-state index contributed by atoms with van der Waals surface area (Å²) in [6.07, 6.45) is 5.70. The zero-order valence-electron chi connectivity index (χ0n) is 19.9. The maximum atomic E-state index is 13.2. The van der Waals surface area contributed by atoms with Crippen LogP contribution in [0.1, 0.15) is 78.2 Å². The monoisotopic (exact) mass is 524 g/mol. The summed E-state index contributed by atoms with van der Waals surface area (Å²) in [5.74, 6) is -3.06. The lowest BCUT2D eigenvalue weighted by molar-refractivity contribution is -0.131. The van der Waals surface area contributed by atoms with Crippen molar-refractivity contribution >= 4 is 40.4 Å². The van der Waals surface area contributed by atoms with E-state index in [0.717, 1.165) is 41.9 Å². The number of alkyl halides is 2. The summed E-state index contributed by atoms with van der Waals surface area (Å²) in [4.78, 5) is 31.6. The number of carbonyl (C=O) groups is 2. The predicted molar refractivity (Wildman–Crippen MR) is 134 cm³/mol. The number of hydrogen-bond acceptors (Lipinski definition) is 5. The molecular formula is C25H31ClF2N4O2S. The minimum Gasteiger partial charge on any atom is -0.376 e. The molecule has 4 rings (SSSR count). The first-order valence-electron chi connectivity index (χ1n) is 12.1. The molecule has 2 aliphatic rings. The highest BCUT2D eigenvalue weighted by atomic mass is 35.5. The minimum atomic E-state index is -2.71. The summed E-state index contributed by atoms with van der Waals surface area (Å²) in [7, 11) is 0. The van der Waals surface area contributed by atoms with Gasteiger partial charge in [-0.25, -0.2) is 8.78 Å². The van der Waals surface area contributed by atoms with Crippen molar-refractivity contribution in [3.05, 3.63) is 44.9 Å². The molecule has 0 saturated heterocycles. The lowest BCUT2D eigenvalue weighted by Crippen LogP contribution is -2.56. The Morgan fingerprint density at radius 2 is 1.97 bits per heavy atom. The zero-order valence-corrected chi connectivity index (χ0v) is 21.4. The summed E-state index contributed by atoms with van der Waals surface area (Å²) < 4.78 is 26.4. The minimum absolute atomic E-state index is 0.0848. The van der Waals surface area contributed by atoms with Gasteiger partial charge in [-0.05, 0) is 44.4 Å². The Morgan fingerprint density at radius 1 is 1.26 bits per heavy atom. The largest absolute Gasteiger partial charge is 0.376 e. The lowest BCUT2D eigenvalue weighted by atomic mass is 9.87. The van der Waals surface area contributed by atoms with Gasteiger partial charge in [-0.15, -0.1) is 11.3 Å². The number of rotatable bonds is 9. The van der Waals surface area contributed by atoms with Crippen molar-refractivity contribution in [3.8, 4) is 0 Å². The smallest absolute Gasteiger partial charge is 0.262 e. The molecule has 2 heterocycles. The van der Waals surface area contributed by atoms with Crippen LogP contribution in [-0.4, -0.2) is 34.8 Å². The van der Waals surface area contributed by atoms with Gasteiger partial charge in [0.25, 0.3) is 11.8 Å². The highest BCUT2D eigenvalue weighted by Crippen LogP contribution is 2.37. The number of nitrogens with zero attached hydrogens (tertiary/aromatic N) is 1. The van der Waals surface area contributed by atoms with Crippen LogP contribution < -0.4 is 16.0 Å². The Morgan fingerprint density at radius 3 is 2.66 bits per heavy atom. The standard InChI is InChI=1S/C25H31ClF2N4O2S/c1-14-19(10-17(26)13-29-14)30-15(2)21-7-8-22(35-21)24(34)32-20(9-16-5-3-4-6-16)23(33)31-18-11-25(27,28)12-18/h7-8,10,13,15-16,18,20,30H,3-6,9,11-12H2,1-2H3,(H,31,33)(H,32,34)/t15-,20-/m0/s1. The van der Waals surface area contributed by atoms with Crippen LogP contribution >= 0.6 is 22.9 Å². The van der Waals surface area contributed by atoms with E-state index in [1.807, 2.05) is 26.0 Å². The van der Waals surface area contributed by atoms with Crippen molar-refractivity contribution < 1.29 is 18.4 Å². The third-order valence-corrected chi connectivity index (χ3v) is 8.28. The zero-order chi connectivity index (χ0) is 25.2. The first kappa shape index (κ1) is 25.8. The lowest BCUT2D eigenvalue weighted by Gasteiger charge is -2.36. The van der Waals surface area contributed by atoms with Crippen molar-refractivity contribution in [2.75, 3.05) is 5.32 Å². The molecule has 0 unspecified atom stereocenters. The normalized spacial score (nSPS) is 19.6. The molecule has 6 nitrogen and oxygen atoms in total. The van der Waals surface area contributed by atoms with E-state index in [-0.39, 0.29) is 30.7 Å². The molecule has 2 aromatic heterocycles. The maximum absolute atomic E-state index is 13.2.